The summed E-state index contributed by atoms with van der Waals surface area (Å²) in [7, 11) is 0. The summed E-state index contributed by atoms with van der Waals surface area (Å²) >= 11 is 0. The predicted molar refractivity (Wildman–Crippen MR) is 61.4 cm³/mol. The van der Waals surface area contributed by atoms with Crippen molar-refractivity contribution in [2.24, 2.45) is 11.3 Å². The summed E-state index contributed by atoms with van der Waals surface area (Å²) in [5.74, 6) is -1.57. The zero-order chi connectivity index (χ0) is 13.1. The Labute approximate surface area is 100 Å². The number of piperidine rings is 1. The van der Waals surface area contributed by atoms with E-state index >= 15 is 0 Å². The minimum Gasteiger partial charge on any atom is -0.481 e. The second-order valence-corrected chi connectivity index (χ2v) is 5.14. The fourth-order valence-corrected chi connectivity index (χ4v) is 1.69. The van der Waals surface area contributed by atoms with Crippen molar-refractivity contribution >= 4 is 11.9 Å². The zero-order valence-corrected chi connectivity index (χ0v) is 10.2. The molecule has 0 saturated carbocycles. The SMILES string of the molecule is CC(C)(CO)C(=O)N[C@H]1CNC[C@@H](C(=O)O)C1. The molecular weight excluding hydrogens is 224 g/mol. The third-order valence-electron chi connectivity index (χ3n) is 3.04. The fraction of sp³-hybridized carbons (Fsp3) is 0.818. The molecule has 0 aromatic carbocycles. The van der Waals surface area contributed by atoms with Crippen molar-refractivity contribution < 1.29 is 19.8 Å². The van der Waals surface area contributed by atoms with Crippen LogP contribution < -0.4 is 10.6 Å². The van der Waals surface area contributed by atoms with Crippen LogP contribution in [0.4, 0.5) is 0 Å². The first-order valence-electron chi connectivity index (χ1n) is 5.72. The van der Waals surface area contributed by atoms with Crippen molar-refractivity contribution in [2.75, 3.05) is 19.7 Å². The smallest absolute Gasteiger partial charge is 0.307 e. The van der Waals surface area contributed by atoms with Gasteiger partial charge in [-0.25, -0.2) is 0 Å². The lowest BCUT2D eigenvalue weighted by Gasteiger charge is -2.31. The van der Waals surface area contributed by atoms with E-state index in [1.807, 2.05) is 0 Å². The van der Waals surface area contributed by atoms with Crippen molar-refractivity contribution in [2.45, 2.75) is 26.3 Å². The minimum atomic E-state index is -0.849. The number of carboxylic acid groups (broad SMARTS) is 1. The Kier molecular flexibility index (Phi) is 4.47. The molecule has 6 nitrogen and oxygen atoms in total. The molecule has 1 aliphatic heterocycles. The van der Waals surface area contributed by atoms with E-state index in [9.17, 15) is 9.59 Å². The van der Waals surface area contributed by atoms with Crippen LogP contribution in [0.5, 0.6) is 0 Å². The number of aliphatic hydroxyl groups excluding tert-OH is 1. The van der Waals surface area contributed by atoms with E-state index in [0.29, 0.717) is 19.5 Å². The molecule has 1 saturated heterocycles. The Morgan fingerprint density at radius 1 is 1.41 bits per heavy atom. The molecule has 6 heteroatoms. The van der Waals surface area contributed by atoms with Crippen molar-refractivity contribution in [1.82, 2.24) is 10.6 Å². The van der Waals surface area contributed by atoms with Crippen LogP contribution in [0.15, 0.2) is 0 Å². The maximum Gasteiger partial charge on any atom is 0.307 e. The summed E-state index contributed by atoms with van der Waals surface area (Å²) in [6.07, 6.45) is 0.426. The molecule has 0 unspecified atom stereocenters. The lowest BCUT2D eigenvalue weighted by molar-refractivity contribution is -0.143. The Morgan fingerprint density at radius 3 is 2.59 bits per heavy atom. The Hall–Kier alpha value is -1.14. The predicted octanol–water partition coefficient (Wildman–Crippen LogP) is -0.816. The number of carboxylic acids is 1. The van der Waals surface area contributed by atoms with E-state index in [1.165, 1.54) is 0 Å². The van der Waals surface area contributed by atoms with Crippen LogP contribution in [0.25, 0.3) is 0 Å². The van der Waals surface area contributed by atoms with Crippen LogP contribution in [0.3, 0.4) is 0 Å². The number of rotatable bonds is 4. The van der Waals surface area contributed by atoms with Crippen LogP contribution in [-0.4, -0.2) is 47.8 Å². The lowest BCUT2D eigenvalue weighted by Crippen LogP contribution is -2.53. The molecule has 0 radical (unpaired) electrons. The van der Waals surface area contributed by atoms with E-state index in [-0.39, 0.29) is 18.6 Å². The molecule has 98 valence electrons. The summed E-state index contributed by atoms with van der Waals surface area (Å²) in [6, 6.07) is -0.192. The van der Waals surface area contributed by atoms with E-state index in [2.05, 4.69) is 10.6 Å². The molecule has 1 fully saturated rings. The van der Waals surface area contributed by atoms with Crippen molar-refractivity contribution in [3.05, 3.63) is 0 Å². The highest BCUT2D eigenvalue weighted by atomic mass is 16.4. The van der Waals surface area contributed by atoms with Gasteiger partial charge in [-0.1, -0.05) is 0 Å². The molecule has 0 aliphatic carbocycles. The van der Waals surface area contributed by atoms with Gasteiger partial charge < -0.3 is 20.8 Å². The van der Waals surface area contributed by atoms with Gasteiger partial charge in [0.05, 0.1) is 17.9 Å². The van der Waals surface area contributed by atoms with E-state index in [1.54, 1.807) is 13.8 Å². The first-order chi connectivity index (χ1) is 7.86. The van der Waals surface area contributed by atoms with Gasteiger partial charge in [0, 0.05) is 19.1 Å². The van der Waals surface area contributed by atoms with Crippen molar-refractivity contribution in [3.8, 4) is 0 Å². The van der Waals surface area contributed by atoms with Gasteiger partial charge in [-0.3, -0.25) is 9.59 Å². The third-order valence-corrected chi connectivity index (χ3v) is 3.04. The summed E-state index contributed by atoms with van der Waals surface area (Å²) in [5, 5.41) is 23.7. The topological polar surface area (TPSA) is 98.7 Å². The molecule has 0 spiro atoms. The molecule has 4 N–H and O–H groups in total. The highest BCUT2D eigenvalue weighted by molar-refractivity contribution is 5.82. The summed E-state index contributed by atoms with van der Waals surface area (Å²) < 4.78 is 0. The van der Waals surface area contributed by atoms with Crippen LogP contribution in [0.1, 0.15) is 20.3 Å². The molecule has 1 heterocycles. The molecule has 0 aromatic rings. The minimum absolute atomic E-state index is 0.192. The van der Waals surface area contributed by atoms with E-state index in [4.69, 9.17) is 10.2 Å². The molecular formula is C11H20N2O4. The van der Waals surface area contributed by atoms with Gasteiger partial charge in [0.2, 0.25) is 5.91 Å². The van der Waals surface area contributed by atoms with Crippen LogP contribution >= 0.6 is 0 Å². The summed E-state index contributed by atoms with van der Waals surface area (Å²) in [6.45, 7) is 4.06. The van der Waals surface area contributed by atoms with Gasteiger partial charge in [-0.15, -0.1) is 0 Å². The number of nitrogens with one attached hydrogen (secondary N) is 2. The van der Waals surface area contributed by atoms with Gasteiger partial charge in [0.15, 0.2) is 0 Å². The second kappa shape index (κ2) is 5.46. The number of hydrogen-bond acceptors (Lipinski definition) is 4. The average Bonchev–Trinajstić information content (AvgIpc) is 2.29. The van der Waals surface area contributed by atoms with Crippen molar-refractivity contribution in [3.63, 3.8) is 0 Å². The Bertz CT molecular complexity index is 304. The van der Waals surface area contributed by atoms with E-state index < -0.39 is 17.3 Å². The number of aliphatic hydroxyl groups is 1. The first-order valence-corrected chi connectivity index (χ1v) is 5.72. The van der Waals surface area contributed by atoms with Gasteiger partial charge in [-0.2, -0.15) is 0 Å². The number of carbonyl (C=O) groups is 2. The molecule has 1 amide bonds. The van der Waals surface area contributed by atoms with Crippen molar-refractivity contribution in [1.29, 1.82) is 0 Å². The Balaban J connectivity index is 2.52. The fourth-order valence-electron chi connectivity index (χ4n) is 1.69. The second-order valence-electron chi connectivity index (χ2n) is 5.14. The molecule has 0 bridgehead atoms. The highest BCUT2D eigenvalue weighted by Crippen LogP contribution is 2.16. The van der Waals surface area contributed by atoms with Crippen LogP contribution in [0, 0.1) is 11.3 Å². The van der Waals surface area contributed by atoms with Gasteiger partial charge in [0.25, 0.3) is 0 Å². The molecule has 1 aliphatic rings. The van der Waals surface area contributed by atoms with Gasteiger partial charge in [-0.05, 0) is 20.3 Å². The lowest BCUT2D eigenvalue weighted by atomic mass is 9.91. The highest BCUT2D eigenvalue weighted by Gasteiger charge is 2.32. The average molecular weight is 244 g/mol. The standard InChI is InChI=1S/C11H20N2O4/c1-11(2,6-14)10(17)13-8-3-7(9(15)16)4-12-5-8/h7-8,12,14H,3-6H2,1-2H3,(H,13,17)(H,15,16)/t7-,8+/m0/s1. The maximum absolute atomic E-state index is 11.8. The van der Waals surface area contributed by atoms with Gasteiger partial charge in [0.1, 0.15) is 0 Å². The third kappa shape index (κ3) is 3.67. The zero-order valence-electron chi connectivity index (χ0n) is 10.2. The molecule has 0 aromatic heterocycles. The molecule has 2 atom stereocenters. The number of hydrogen-bond donors (Lipinski definition) is 4. The molecule has 17 heavy (non-hydrogen) atoms. The first kappa shape index (κ1) is 13.9. The summed E-state index contributed by atoms with van der Waals surface area (Å²) in [5.41, 5.74) is -0.837. The monoisotopic (exact) mass is 244 g/mol. The quantitative estimate of drug-likeness (QED) is 0.518. The Morgan fingerprint density at radius 2 is 2.06 bits per heavy atom. The number of carbonyl (C=O) groups excluding carboxylic acids is 1. The maximum atomic E-state index is 11.8. The largest absolute Gasteiger partial charge is 0.481 e. The summed E-state index contributed by atoms with van der Waals surface area (Å²) in [4.78, 5) is 22.6. The number of aliphatic carboxylic acids is 1. The van der Waals surface area contributed by atoms with Gasteiger partial charge >= 0.3 is 5.97 Å². The normalized spacial score (nSPS) is 25.4. The number of amides is 1. The van der Waals surface area contributed by atoms with Crippen LogP contribution in [0.2, 0.25) is 0 Å². The van der Waals surface area contributed by atoms with Crippen LogP contribution in [-0.2, 0) is 9.59 Å². The van der Waals surface area contributed by atoms with E-state index in [0.717, 1.165) is 0 Å². The molecule has 1 rings (SSSR count).